The summed E-state index contributed by atoms with van der Waals surface area (Å²) >= 11 is 0. The minimum Gasteiger partial charge on any atom is -0.484 e. The molecule has 0 bridgehead atoms. The molecule has 30 heavy (non-hydrogen) atoms. The minimum atomic E-state index is -0.752. The van der Waals surface area contributed by atoms with E-state index in [9.17, 15) is 14.0 Å². The first kappa shape index (κ1) is 23.4. The highest BCUT2D eigenvalue weighted by Gasteiger charge is 2.27. The summed E-state index contributed by atoms with van der Waals surface area (Å²) in [6.45, 7) is 7.95. The van der Waals surface area contributed by atoms with Gasteiger partial charge in [-0.05, 0) is 56.5 Å². The summed E-state index contributed by atoms with van der Waals surface area (Å²) in [7, 11) is 0. The quantitative estimate of drug-likeness (QED) is 0.594. The van der Waals surface area contributed by atoms with Crippen LogP contribution in [0.1, 0.15) is 43.4 Å². The molecular formula is C24H31FN2O3. The summed E-state index contributed by atoms with van der Waals surface area (Å²) in [5, 5.41) is 2.84. The molecule has 0 radical (unpaired) electrons. The lowest BCUT2D eigenvalue weighted by atomic mass is 10.1. The fourth-order valence-corrected chi connectivity index (χ4v) is 2.96. The molecule has 0 aromatic heterocycles. The fraction of sp³-hybridized carbons (Fsp3) is 0.417. The molecule has 5 nitrogen and oxygen atoms in total. The second kappa shape index (κ2) is 11.3. The zero-order valence-electron chi connectivity index (χ0n) is 18.2. The molecule has 0 fully saturated rings. The van der Waals surface area contributed by atoms with Crippen LogP contribution in [0.2, 0.25) is 0 Å². The second-order valence-corrected chi connectivity index (χ2v) is 7.47. The molecule has 2 amide bonds. The molecule has 162 valence electrons. The van der Waals surface area contributed by atoms with Crippen LogP contribution >= 0.6 is 0 Å². The molecule has 1 N–H and O–H groups in total. The van der Waals surface area contributed by atoms with Crippen molar-refractivity contribution in [3.8, 4) is 5.75 Å². The van der Waals surface area contributed by atoms with Crippen LogP contribution in [0.5, 0.6) is 5.75 Å². The summed E-state index contributed by atoms with van der Waals surface area (Å²) in [5.74, 6) is -0.477. The van der Waals surface area contributed by atoms with E-state index in [1.807, 2.05) is 32.9 Å². The van der Waals surface area contributed by atoms with E-state index < -0.39 is 11.9 Å². The second-order valence-electron chi connectivity index (χ2n) is 7.47. The van der Waals surface area contributed by atoms with Gasteiger partial charge < -0.3 is 15.0 Å². The third-order valence-electron chi connectivity index (χ3n) is 5.14. The zero-order valence-corrected chi connectivity index (χ0v) is 18.2. The Morgan fingerprint density at radius 2 is 1.87 bits per heavy atom. The number of carbonyl (C=O) groups excluding carboxylic acids is 2. The van der Waals surface area contributed by atoms with Crippen molar-refractivity contribution in [2.24, 2.45) is 0 Å². The lowest BCUT2D eigenvalue weighted by molar-refractivity contribution is -0.142. The summed E-state index contributed by atoms with van der Waals surface area (Å²) in [5.41, 5.74) is 2.55. The number of halogens is 1. The van der Waals surface area contributed by atoms with E-state index in [0.717, 1.165) is 24.0 Å². The Morgan fingerprint density at radius 1 is 1.13 bits per heavy atom. The largest absolute Gasteiger partial charge is 0.484 e. The Labute approximate surface area is 178 Å². The predicted molar refractivity (Wildman–Crippen MR) is 116 cm³/mol. The van der Waals surface area contributed by atoms with Gasteiger partial charge in [-0.3, -0.25) is 9.59 Å². The van der Waals surface area contributed by atoms with Crippen molar-refractivity contribution in [2.75, 3.05) is 13.2 Å². The van der Waals surface area contributed by atoms with Crippen molar-refractivity contribution >= 4 is 11.8 Å². The van der Waals surface area contributed by atoms with Crippen molar-refractivity contribution < 1.29 is 18.7 Å². The van der Waals surface area contributed by atoms with Crippen molar-refractivity contribution in [3.63, 3.8) is 0 Å². The summed E-state index contributed by atoms with van der Waals surface area (Å²) in [6, 6.07) is 11.1. The van der Waals surface area contributed by atoms with E-state index in [-0.39, 0.29) is 25.0 Å². The maximum Gasteiger partial charge on any atom is 0.261 e. The van der Waals surface area contributed by atoms with Crippen molar-refractivity contribution in [1.29, 1.82) is 0 Å². The number of nitrogens with one attached hydrogen (secondary N) is 1. The average molecular weight is 415 g/mol. The van der Waals surface area contributed by atoms with Gasteiger partial charge in [-0.2, -0.15) is 0 Å². The van der Waals surface area contributed by atoms with Crippen molar-refractivity contribution in [1.82, 2.24) is 10.2 Å². The number of amides is 2. The lowest BCUT2D eigenvalue weighted by Gasteiger charge is -2.29. The number of rotatable bonds is 10. The van der Waals surface area contributed by atoms with E-state index >= 15 is 0 Å². The molecule has 2 aromatic rings. The summed E-state index contributed by atoms with van der Waals surface area (Å²) in [4.78, 5) is 26.9. The van der Waals surface area contributed by atoms with E-state index in [1.165, 1.54) is 11.0 Å². The van der Waals surface area contributed by atoms with Crippen molar-refractivity contribution in [3.05, 3.63) is 65.0 Å². The smallest absolute Gasteiger partial charge is 0.261 e. The van der Waals surface area contributed by atoms with E-state index in [4.69, 9.17) is 4.74 Å². The van der Waals surface area contributed by atoms with Gasteiger partial charge in [0.25, 0.3) is 5.91 Å². The van der Waals surface area contributed by atoms with Crippen LogP contribution in [0.25, 0.3) is 0 Å². The number of carbonyl (C=O) groups is 2. The van der Waals surface area contributed by atoms with Crippen LogP contribution in [-0.4, -0.2) is 35.9 Å². The molecule has 0 aliphatic rings. The van der Waals surface area contributed by atoms with Gasteiger partial charge in [0.15, 0.2) is 6.61 Å². The molecule has 0 saturated heterocycles. The molecule has 0 aliphatic heterocycles. The number of hydrogen-bond donors (Lipinski definition) is 1. The summed E-state index contributed by atoms with van der Waals surface area (Å²) in [6.07, 6.45) is 1.81. The Bertz CT molecular complexity index is 869. The molecule has 6 heteroatoms. The van der Waals surface area contributed by atoms with Gasteiger partial charge in [-0.15, -0.1) is 0 Å². The lowest BCUT2D eigenvalue weighted by Crippen LogP contribution is -2.49. The Hall–Kier alpha value is -2.89. The van der Waals surface area contributed by atoms with Gasteiger partial charge in [0.1, 0.15) is 17.6 Å². The van der Waals surface area contributed by atoms with Gasteiger partial charge in [-0.1, -0.05) is 37.6 Å². The highest BCUT2D eigenvalue weighted by Crippen LogP contribution is 2.18. The topological polar surface area (TPSA) is 58.6 Å². The molecule has 0 unspecified atom stereocenters. The molecular weight excluding hydrogens is 383 g/mol. The highest BCUT2D eigenvalue weighted by molar-refractivity contribution is 5.87. The molecule has 2 aromatic carbocycles. The van der Waals surface area contributed by atoms with Crippen LogP contribution in [0.15, 0.2) is 42.5 Å². The van der Waals surface area contributed by atoms with Gasteiger partial charge in [0.2, 0.25) is 5.91 Å². The number of aryl methyl sites for hydroxylation is 2. The standard InChI is InChI=1S/C24H31FN2O3/c1-5-6-13-26-24(29)19(4)27(15-20-9-7-8-10-22(20)25)23(28)16-30-21-12-11-17(2)18(3)14-21/h7-12,14,19H,5-6,13,15-16H2,1-4H3,(H,26,29)/t19-/m0/s1. The van der Waals surface area contributed by atoms with E-state index in [0.29, 0.717) is 17.9 Å². The number of hydrogen-bond acceptors (Lipinski definition) is 3. The molecule has 0 aliphatic carbocycles. The number of unbranched alkanes of at least 4 members (excludes halogenated alkanes) is 1. The number of benzene rings is 2. The molecule has 0 saturated carbocycles. The first-order valence-electron chi connectivity index (χ1n) is 10.3. The molecule has 2 rings (SSSR count). The van der Waals surface area contributed by atoms with Crippen LogP contribution in [0.3, 0.4) is 0 Å². The van der Waals surface area contributed by atoms with Crippen LogP contribution in [0, 0.1) is 19.7 Å². The Kier molecular flexibility index (Phi) is 8.84. The monoisotopic (exact) mass is 414 g/mol. The zero-order chi connectivity index (χ0) is 22.1. The first-order chi connectivity index (χ1) is 14.3. The fourth-order valence-electron chi connectivity index (χ4n) is 2.96. The van der Waals surface area contributed by atoms with E-state index in [1.54, 1.807) is 31.2 Å². The average Bonchev–Trinajstić information content (AvgIpc) is 2.73. The third-order valence-corrected chi connectivity index (χ3v) is 5.14. The maximum atomic E-state index is 14.2. The van der Waals surface area contributed by atoms with Crippen LogP contribution < -0.4 is 10.1 Å². The van der Waals surface area contributed by atoms with E-state index in [2.05, 4.69) is 5.32 Å². The molecule has 1 atom stereocenters. The predicted octanol–water partition coefficient (Wildman–Crippen LogP) is 4.15. The van der Waals surface area contributed by atoms with Gasteiger partial charge in [0, 0.05) is 18.7 Å². The third kappa shape index (κ3) is 6.58. The van der Waals surface area contributed by atoms with Gasteiger partial charge in [-0.25, -0.2) is 4.39 Å². The normalized spacial score (nSPS) is 11.6. The maximum absolute atomic E-state index is 14.2. The highest BCUT2D eigenvalue weighted by atomic mass is 19.1. The SMILES string of the molecule is CCCCNC(=O)[C@H](C)N(Cc1ccccc1F)C(=O)COc1ccc(C)c(C)c1. The van der Waals surface area contributed by atoms with Gasteiger partial charge in [0.05, 0.1) is 0 Å². The molecule has 0 heterocycles. The first-order valence-corrected chi connectivity index (χ1v) is 10.3. The number of ether oxygens (including phenoxy) is 1. The Morgan fingerprint density at radius 3 is 2.53 bits per heavy atom. The Balaban J connectivity index is 2.14. The minimum absolute atomic E-state index is 0.00977. The van der Waals surface area contributed by atoms with Crippen molar-refractivity contribution in [2.45, 2.75) is 53.1 Å². The van der Waals surface area contributed by atoms with Crippen LogP contribution in [0.4, 0.5) is 4.39 Å². The van der Waals surface area contributed by atoms with Gasteiger partial charge >= 0.3 is 0 Å². The number of nitrogens with zero attached hydrogens (tertiary/aromatic N) is 1. The summed E-state index contributed by atoms with van der Waals surface area (Å²) < 4.78 is 19.9. The van der Waals surface area contributed by atoms with Crippen LogP contribution in [-0.2, 0) is 16.1 Å². The molecule has 0 spiro atoms.